The first-order chi connectivity index (χ1) is 14.9. The highest BCUT2D eigenvalue weighted by Crippen LogP contribution is 2.36. The van der Waals surface area contributed by atoms with Crippen molar-refractivity contribution in [3.05, 3.63) is 69.0 Å². The van der Waals surface area contributed by atoms with Crippen LogP contribution < -0.4 is 5.32 Å². The summed E-state index contributed by atoms with van der Waals surface area (Å²) in [4.78, 5) is 15.4. The molecule has 3 heterocycles. The average Bonchev–Trinajstić information content (AvgIpc) is 3.52. The number of carbonyl (C=O) groups is 1. The topological polar surface area (TPSA) is 82.1 Å². The number of amides is 1. The molecule has 0 unspecified atom stereocenters. The second-order valence-corrected chi connectivity index (χ2v) is 11.2. The van der Waals surface area contributed by atoms with Crippen molar-refractivity contribution >= 4 is 50.0 Å². The molecular formula is C21H22N4O3S3. The van der Waals surface area contributed by atoms with E-state index in [4.69, 9.17) is 0 Å². The van der Waals surface area contributed by atoms with Crippen LogP contribution >= 0.6 is 22.7 Å². The summed E-state index contributed by atoms with van der Waals surface area (Å²) in [6.07, 6.45) is 0.670. The summed E-state index contributed by atoms with van der Waals surface area (Å²) in [5.74, 6) is -0.175. The van der Waals surface area contributed by atoms with E-state index in [1.165, 1.54) is 26.2 Å². The Balaban J connectivity index is 1.52. The molecule has 1 aromatic carbocycles. The zero-order chi connectivity index (χ0) is 22.0. The largest absolute Gasteiger partial charge is 0.376 e. The molecule has 1 aliphatic heterocycles. The van der Waals surface area contributed by atoms with Crippen molar-refractivity contribution in [1.29, 1.82) is 0 Å². The molecule has 7 nitrogen and oxygen atoms in total. The van der Waals surface area contributed by atoms with Gasteiger partial charge in [0, 0.05) is 31.1 Å². The van der Waals surface area contributed by atoms with Crippen LogP contribution in [0.3, 0.4) is 0 Å². The van der Waals surface area contributed by atoms with Crippen molar-refractivity contribution in [2.24, 2.45) is 5.10 Å². The van der Waals surface area contributed by atoms with Crippen LogP contribution in [-0.2, 0) is 14.8 Å². The molecular weight excluding hydrogens is 452 g/mol. The molecule has 2 aromatic heterocycles. The van der Waals surface area contributed by atoms with Gasteiger partial charge in [0.15, 0.2) is 0 Å². The number of hydrogen-bond acceptors (Lipinski definition) is 7. The number of nitrogens with zero attached hydrogens (tertiary/aromatic N) is 3. The Labute approximate surface area is 189 Å². The normalized spacial score (nSPS) is 16.5. The van der Waals surface area contributed by atoms with Gasteiger partial charge in [-0.25, -0.2) is 17.7 Å². The Morgan fingerprint density at radius 2 is 1.94 bits per heavy atom. The Morgan fingerprint density at radius 3 is 2.61 bits per heavy atom. The minimum absolute atomic E-state index is 0.00849. The highest BCUT2D eigenvalue weighted by molar-refractivity contribution is 7.89. The van der Waals surface area contributed by atoms with Gasteiger partial charge >= 0.3 is 0 Å². The number of benzene rings is 1. The fraction of sp³-hybridized carbons (Fsp3) is 0.238. The van der Waals surface area contributed by atoms with Crippen molar-refractivity contribution in [3.8, 4) is 0 Å². The van der Waals surface area contributed by atoms with Crippen LogP contribution in [0.1, 0.15) is 22.2 Å². The summed E-state index contributed by atoms with van der Waals surface area (Å²) in [5.41, 5.74) is 1.46. The molecule has 0 aliphatic carbocycles. The maximum absolute atomic E-state index is 13.1. The lowest BCUT2D eigenvalue weighted by atomic mass is 10.1. The number of hydrazone groups is 1. The van der Waals surface area contributed by atoms with E-state index < -0.39 is 10.0 Å². The number of hydrogen-bond donors (Lipinski definition) is 1. The number of sulfonamides is 1. The van der Waals surface area contributed by atoms with E-state index in [0.717, 1.165) is 19.8 Å². The molecule has 0 saturated heterocycles. The van der Waals surface area contributed by atoms with E-state index in [1.54, 1.807) is 39.8 Å². The van der Waals surface area contributed by atoms with Crippen molar-refractivity contribution in [2.75, 3.05) is 26.0 Å². The molecule has 0 spiro atoms. The Hall–Kier alpha value is -2.53. The first-order valence-corrected chi connectivity index (χ1v) is 12.8. The molecule has 162 valence electrons. The highest BCUT2D eigenvalue weighted by atomic mass is 32.2. The maximum atomic E-state index is 13.1. The van der Waals surface area contributed by atoms with Crippen LogP contribution in [0.25, 0.3) is 0 Å². The van der Waals surface area contributed by atoms with Crippen molar-refractivity contribution in [1.82, 2.24) is 9.31 Å². The van der Waals surface area contributed by atoms with Crippen LogP contribution in [0.4, 0.5) is 5.69 Å². The summed E-state index contributed by atoms with van der Waals surface area (Å²) in [6.45, 7) is 0.00849. The van der Waals surface area contributed by atoms with Gasteiger partial charge in [0.05, 0.1) is 28.1 Å². The second-order valence-electron chi connectivity index (χ2n) is 7.17. The van der Waals surface area contributed by atoms with E-state index in [-0.39, 0.29) is 23.4 Å². The summed E-state index contributed by atoms with van der Waals surface area (Å²) < 4.78 is 25.9. The number of thiophene rings is 2. The molecule has 1 atom stereocenters. The summed E-state index contributed by atoms with van der Waals surface area (Å²) in [6, 6.07) is 14.3. The maximum Gasteiger partial charge on any atom is 0.262 e. The van der Waals surface area contributed by atoms with Crippen LogP contribution in [0.15, 0.2) is 69.3 Å². The quantitative estimate of drug-likeness (QED) is 0.564. The van der Waals surface area contributed by atoms with Crippen molar-refractivity contribution in [3.63, 3.8) is 0 Å². The highest BCUT2D eigenvalue weighted by Gasteiger charge is 2.33. The SMILES string of the molecule is CN(C)S(=O)(=O)c1cccc(NCC(=O)N2N=C(c3cccs3)C[C@@H]2c2cccs2)c1. The van der Waals surface area contributed by atoms with E-state index >= 15 is 0 Å². The molecule has 0 radical (unpaired) electrons. The molecule has 1 aliphatic rings. The summed E-state index contributed by atoms with van der Waals surface area (Å²) in [7, 11) is -0.573. The number of nitrogens with one attached hydrogen (secondary N) is 1. The van der Waals surface area contributed by atoms with Gasteiger partial charge in [0.25, 0.3) is 5.91 Å². The molecule has 0 saturated carbocycles. The number of anilines is 1. The monoisotopic (exact) mass is 474 g/mol. The fourth-order valence-electron chi connectivity index (χ4n) is 3.27. The van der Waals surface area contributed by atoms with E-state index in [9.17, 15) is 13.2 Å². The van der Waals surface area contributed by atoms with Crippen LogP contribution in [-0.4, -0.2) is 50.0 Å². The van der Waals surface area contributed by atoms with Gasteiger partial charge in [-0.2, -0.15) is 5.10 Å². The average molecular weight is 475 g/mol. The van der Waals surface area contributed by atoms with Gasteiger partial charge in [-0.15, -0.1) is 22.7 Å². The Morgan fingerprint density at radius 1 is 1.16 bits per heavy atom. The molecule has 1 N–H and O–H groups in total. The second kappa shape index (κ2) is 8.91. The molecule has 1 amide bonds. The summed E-state index contributed by atoms with van der Waals surface area (Å²) in [5, 5.41) is 13.2. The number of carbonyl (C=O) groups excluding carboxylic acids is 1. The first kappa shape index (κ1) is 21.7. The van der Waals surface area contributed by atoms with Gasteiger partial charge in [-0.05, 0) is 41.1 Å². The smallest absolute Gasteiger partial charge is 0.262 e. The zero-order valence-electron chi connectivity index (χ0n) is 17.1. The van der Waals surface area contributed by atoms with Gasteiger partial charge < -0.3 is 5.32 Å². The van der Waals surface area contributed by atoms with Crippen LogP contribution in [0, 0.1) is 0 Å². The van der Waals surface area contributed by atoms with Gasteiger partial charge in [0.1, 0.15) is 0 Å². The fourth-order valence-corrected chi connectivity index (χ4v) is 5.75. The van der Waals surface area contributed by atoms with Crippen LogP contribution in [0.5, 0.6) is 0 Å². The van der Waals surface area contributed by atoms with Gasteiger partial charge in [0.2, 0.25) is 10.0 Å². The molecule has 3 aromatic rings. The zero-order valence-corrected chi connectivity index (χ0v) is 19.5. The molecule has 4 rings (SSSR count). The van der Waals surface area contributed by atoms with Crippen LogP contribution in [0.2, 0.25) is 0 Å². The lowest BCUT2D eigenvalue weighted by Crippen LogP contribution is -2.32. The lowest BCUT2D eigenvalue weighted by molar-refractivity contribution is -0.131. The minimum atomic E-state index is -3.55. The van der Waals surface area contributed by atoms with E-state index in [0.29, 0.717) is 12.1 Å². The third-order valence-electron chi connectivity index (χ3n) is 4.90. The number of rotatable bonds is 7. The molecule has 31 heavy (non-hydrogen) atoms. The minimum Gasteiger partial charge on any atom is -0.376 e. The standard InChI is InChI=1S/C21H22N4O3S3/c1-24(2)31(27,28)16-7-3-6-15(12-16)22-14-21(26)25-18(20-9-5-11-30-20)13-17(23-25)19-8-4-10-29-19/h3-12,18,22H,13-14H2,1-2H3/t18-/m1/s1. The Kier molecular flexibility index (Phi) is 6.24. The third-order valence-corrected chi connectivity index (χ3v) is 8.60. The lowest BCUT2D eigenvalue weighted by Gasteiger charge is -2.21. The molecule has 0 fully saturated rings. The molecule has 10 heteroatoms. The van der Waals surface area contributed by atoms with E-state index in [1.807, 2.05) is 35.0 Å². The van der Waals surface area contributed by atoms with Crippen molar-refractivity contribution in [2.45, 2.75) is 17.4 Å². The van der Waals surface area contributed by atoms with Gasteiger partial charge in [-0.3, -0.25) is 4.79 Å². The Bertz CT molecular complexity index is 1190. The third kappa shape index (κ3) is 4.57. The van der Waals surface area contributed by atoms with Gasteiger partial charge in [-0.1, -0.05) is 18.2 Å². The van der Waals surface area contributed by atoms with E-state index in [2.05, 4.69) is 10.4 Å². The predicted molar refractivity (Wildman–Crippen MR) is 125 cm³/mol. The molecule has 0 bridgehead atoms. The first-order valence-electron chi connectivity index (χ1n) is 9.59. The summed E-state index contributed by atoms with van der Waals surface area (Å²) >= 11 is 3.21. The predicted octanol–water partition coefficient (Wildman–Crippen LogP) is 3.85. The van der Waals surface area contributed by atoms with Crippen molar-refractivity contribution < 1.29 is 13.2 Å².